The Morgan fingerprint density at radius 2 is 2.00 bits per heavy atom. The quantitative estimate of drug-likeness (QED) is 0.776. The predicted octanol–water partition coefficient (Wildman–Crippen LogP) is 2.62. The molecule has 2 heterocycles. The van der Waals surface area contributed by atoms with Crippen LogP contribution in [-0.2, 0) is 4.74 Å². The molecule has 1 saturated heterocycles. The second-order valence-corrected chi connectivity index (χ2v) is 5.01. The molecule has 0 N–H and O–H groups in total. The van der Waals surface area contributed by atoms with Gasteiger partial charge in [-0.25, -0.2) is 0 Å². The molecule has 2 aliphatic rings. The third-order valence-electron chi connectivity index (χ3n) is 3.51. The molecule has 3 rings (SSSR count). The Labute approximate surface area is 102 Å². The number of hydrogen-bond donors (Lipinski definition) is 0. The highest BCUT2D eigenvalue weighted by Gasteiger charge is 2.37. The maximum absolute atomic E-state index is 5.75. The molecule has 1 aromatic rings. The topological polar surface area (TPSA) is 15.7 Å². The molecule has 90 valence electrons. The molecule has 1 aromatic carbocycles. The number of hydrogen-bond acceptors (Lipinski definition) is 3. The van der Waals surface area contributed by atoms with Gasteiger partial charge in [-0.2, -0.15) is 0 Å². The van der Waals surface area contributed by atoms with Crippen molar-refractivity contribution < 1.29 is 4.74 Å². The largest absolute Gasteiger partial charge is 0.476 e. The Balaban J connectivity index is 1.81. The van der Waals surface area contributed by atoms with Gasteiger partial charge in [-0.1, -0.05) is 32.0 Å². The second kappa shape index (κ2) is 3.99. The van der Waals surface area contributed by atoms with Gasteiger partial charge in [0.1, 0.15) is 6.61 Å². The minimum atomic E-state index is 0.509. The number of para-hydroxylation sites is 1. The van der Waals surface area contributed by atoms with Crippen molar-refractivity contribution in [1.82, 2.24) is 4.90 Å². The SMILES string of the molecule is CC(C)[C@H]1COC2=CN(c3ccccc3)CN21. The zero-order valence-electron chi connectivity index (χ0n) is 10.3. The maximum atomic E-state index is 5.75. The minimum Gasteiger partial charge on any atom is -0.476 e. The van der Waals surface area contributed by atoms with Crippen molar-refractivity contribution >= 4 is 5.69 Å². The monoisotopic (exact) mass is 230 g/mol. The summed E-state index contributed by atoms with van der Waals surface area (Å²) in [6, 6.07) is 10.9. The van der Waals surface area contributed by atoms with Crippen LogP contribution in [0.3, 0.4) is 0 Å². The number of nitrogens with zero attached hydrogens (tertiary/aromatic N) is 2. The van der Waals surface area contributed by atoms with E-state index in [-0.39, 0.29) is 0 Å². The van der Waals surface area contributed by atoms with Gasteiger partial charge in [-0.15, -0.1) is 0 Å². The van der Waals surface area contributed by atoms with Crippen LogP contribution in [0, 0.1) is 5.92 Å². The lowest BCUT2D eigenvalue weighted by Gasteiger charge is -2.26. The Hall–Kier alpha value is -1.64. The summed E-state index contributed by atoms with van der Waals surface area (Å²) in [6.07, 6.45) is 2.11. The van der Waals surface area contributed by atoms with Crippen molar-refractivity contribution in [3.63, 3.8) is 0 Å². The standard InChI is InChI=1S/C14H18N2O/c1-11(2)13-9-17-14-8-15(10-16(13)14)12-6-4-3-5-7-12/h3-8,11,13H,9-10H2,1-2H3/t13-/m1/s1. The van der Waals surface area contributed by atoms with Crippen LogP contribution in [0.1, 0.15) is 13.8 Å². The summed E-state index contributed by atoms with van der Waals surface area (Å²) in [5.74, 6) is 1.64. The second-order valence-electron chi connectivity index (χ2n) is 5.01. The van der Waals surface area contributed by atoms with Gasteiger partial charge in [0.05, 0.1) is 18.9 Å². The predicted molar refractivity (Wildman–Crippen MR) is 68.3 cm³/mol. The lowest BCUT2D eigenvalue weighted by molar-refractivity contribution is 0.243. The highest BCUT2D eigenvalue weighted by atomic mass is 16.5. The van der Waals surface area contributed by atoms with Crippen molar-refractivity contribution in [3.8, 4) is 0 Å². The summed E-state index contributed by atoms with van der Waals surface area (Å²) in [6.45, 7) is 6.23. The van der Waals surface area contributed by atoms with E-state index in [1.807, 2.05) is 6.07 Å². The van der Waals surface area contributed by atoms with Gasteiger partial charge in [-0.3, -0.25) is 0 Å². The first kappa shape index (κ1) is 10.5. The molecule has 0 amide bonds. The Kier molecular flexibility index (Phi) is 2.46. The van der Waals surface area contributed by atoms with E-state index in [0.717, 1.165) is 19.2 Å². The van der Waals surface area contributed by atoms with E-state index in [1.165, 1.54) is 5.69 Å². The first-order valence-corrected chi connectivity index (χ1v) is 6.18. The van der Waals surface area contributed by atoms with Crippen LogP contribution in [0.25, 0.3) is 0 Å². The lowest BCUT2D eigenvalue weighted by atomic mass is 10.1. The van der Waals surface area contributed by atoms with Gasteiger partial charge < -0.3 is 14.5 Å². The van der Waals surface area contributed by atoms with Gasteiger partial charge in [0.15, 0.2) is 0 Å². The molecule has 0 spiro atoms. The van der Waals surface area contributed by atoms with Gasteiger partial charge in [-0.05, 0) is 18.1 Å². The third-order valence-corrected chi connectivity index (χ3v) is 3.51. The molecule has 0 saturated carbocycles. The van der Waals surface area contributed by atoms with E-state index >= 15 is 0 Å². The van der Waals surface area contributed by atoms with Crippen LogP contribution in [-0.4, -0.2) is 24.2 Å². The molecule has 0 aromatic heterocycles. The van der Waals surface area contributed by atoms with Crippen LogP contribution in [0.2, 0.25) is 0 Å². The molecule has 1 fully saturated rings. The van der Waals surface area contributed by atoms with E-state index in [0.29, 0.717) is 12.0 Å². The molecule has 0 radical (unpaired) electrons. The average Bonchev–Trinajstić information content (AvgIpc) is 2.88. The molecule has 2 aliphatic heterocycles. The number of anilines is 1. The van der Waals surface area contributed by atoms with Gasteiger partial charge in [0, 0.05) is 5.69 Å². The van der Waals surface area contributed by atoms with Crippen LogP contribution in [0.5, 0.6) is 0 Å². The summed E-state index contributed by atoms with van der Waals surface area (Å²) in [5.41, 5.74) is 1.22. The average molecular weight is 230 g/mol. The molecular formula is C14H18N2O. The fourth-order valence-electron chi connectivity index (χ4n) is 2.46. The first-order chi connectivity index (χ1) is 8.25. The van der Waals surface area contributed by atoms with Crippen LogP contribution in [0.4, 0.5) is 5.69 Å². The van der Waals surface area contributed by atoms with Crippen molar-refractivity contribution in [2.24, 2.45) is 5.92 Å². The van der Waals surface area contributed by atoms with Crippen molar-refractivity contribution in [3.05, 3.63) is 42.4 Å². The smallest absolute Gasteiger partial charge is 0.208 e. The van der Waals surface area contributed by atoms with E-state index in [4.69, 9.17) is 4.74 Å². The van der Waals surface area contributed by atoms with E-state index in [9.17, 15) is 0 Å². The van der Waals surface area contributed by atoms with E-state index in [1.54, 1.807) is 0 Å². The number of rotatable bonds is 2. The summed E-state index contributed by atoms with van der Waals surface area (Å²) in [4.78, 5) is 4.60. The highest BCUT2D eigenvalue weighted by Crippen LogP contribution is 2.32. The van der Waals surface area contributed by atoms with Crippen LogP contribution in [0.15, 0.2) is 42.4 Å². The molecular weight excluding hydrogens is 212 g/mol. The van der Waals surface area contributed by atoms with Crippen LogP contribution < -0.4 is 4.90 Å². The van der Waals surface area contributed by atoms with E-state index < -0.39 is 0 Å². The summed E-state index contributed by atoms with van der Waals surface area (Å²) < 4.78 is 5.75. The Bertz CT molecular complexity index is 427. The first-order valence-electron chi connectivity index (χ1n) is 6.18. The molecule has 17 heavy (non-hydrogen) atoms. The van der Waals surface area contributed by atoms with E-state index in [2.05, 4.69) is 54.1 Å². The normalized spacial score (nSPS) is 22.8. The summed E-state index contributed by atoms with van der Waals surface area (Å²) in [5, 5.41) is 0. The Morgan fingerprint density at radius 3 is 2.71 bits per heavy atom. The van der Waals surface area contributed by atoms with Crippen LogP contribution >= 0.6 is 0 Å². The fourth-order valence-corrected chi connectivity index (χ4v) is 2.46. The number of benzene rings is 1. The highest BCUT2D eigenvalue weighted by molar-refractivity contribution is 5.50. The zero-order chi connectivity index (χ0) is 11.8. The van der Waals surface area contributed by atoms with Gasteiger partial charge in [0.25, 0.3) is 0 Å². The van der Waals surface area contributed by atoms with Crippen molar-refractivity contribution in [2.75, 3.05) is 18.2 Å². The molecule has 3 heteroatoms. The van der Waals surface area contributed by atoms with Gasteiger partial charge in [0.2, 0.25) is 5.88 Å². The molecule has 0 unspecified atom stereocenters. The number of ether oxygens (including phenoxy) is 1. The molecule has 3 nitrogen and oxygen atoms in total. The molecule has 1 atom stereocenters. The Morgan fingerprint density at radius 1 is 1.24 bits per heavy atom. The maximum Gasteiger partial charge on any atom is 0.208 e. The third kappa shape index (κ3) is 1.75. The summed E-state index contributed by atoms with van der Waals surface area (Å²) in [7, 11) is 0. The fraction of sp³-hybridized carbons (Fsp3) is 0.429. The summed E-state index contributed by atoms with van der Waals surface area (Å²) >= 11 is 0. The molecule has 0 bridgehead atoms. The minimum absolute atomic E-state index is 0.509. The lowest BCUT2D eigenvalue weighted by Crippen LogP contribution is -2.36. The zero-order valence-corrected chi connectivity index (χ0v) is 10.3. The molecule has 0 aliphatic carbocycles. The van der Waals surface area contributed by atoms with Crippen molar-refractivity contribution in [1.29, 1.82) is 0 Å². The van der Waals surface area contributed by atoms with Gasteiger partial charge >= 0.3 is 0 Å². The number of fused-ring (bicyclic) bond motifs is 1. The van der Waals surface area contributed by atoms with Crippen molar-refractivity contribution in [2.45, 2.75) is 19.9 Å².